The van der Waals surface area contributed by atoms with Gasteiger partial charge in [-0.3, -0.25) is 9.59 Å². The fourth-order valence-electron chi connectivity index (χ4n) is 3.68. The number of hydrogen-bond acceptors (Lipinski definition) is 4. The van der Waals surface area contributed by atoms with Crippen molar-refractivity contribution in [3.63, 3.8) is 0 Å². The van der Waals surface area contributed by atoms with E-state index < -0.39 is 6.10 Å². The van der Waals surface area contributed by atoms with Crippen molar-refractivity contribution in [1.29, 1.82) is 0 Å². The summed E-state index contributed by atoms with van der Waals surface area (Å²) in [6.45, 7) is 1.58. The number of carbonyl (C=O) groups is 2. The van der Waals surface area contributed by atoms with Gasteiger partial charge in [-0.1, -0.05) is 6.07 Å². The van der Waals surface area contributed by atoms with Crippen molar-refractivity contribution in [1.82, 2.24) is 5.32 Å². The number of hydrogen-bond donors (Lipinski definition) is 3. The zero-order chi connectivity index (χ0) is 14.6. The van der Waals surface area contributed by atoms with Crippen LogP contribution in [0.5, 0.6) is 0 Å². The largest absolute Gasteiger partial charge is 0.378 e. The molecule has 3 aliphatic heterocycles. The lowest BCUT2D eigenvalue weighted by atomic mass is 9.91. The Hall–Kier alpha value is -2.08. The standard InChI is InChI=1S/C15H17N3O3/c19-13-9-4-3-8(6-11(9)17-15(13)21)18-5-1-2-10-12(18)7-16-14(10)20/h3-4,6,10,12-13,19H,1-2,5,7H2,(H,16,20)(H,17,21). The first-order valence-corrected chi connectivity index (χ1v) is 7.32. The molecule has 4 rings (SSSR count). The van der Waals surface area contributed by atoms with Crippen molar-refractivity contribution >= 4 is 23.2 Å². The number of benzene rings is 1. The summed E-state index contributed by atoms with van der Waals surface area (Å²) in [6.07, 6.45) is 0.853. The van der Waals surface area contributed by atoms with Gasteiger partial charge in [0, 0.05) is 30.0 Å². The lowest BCUT2D eigenvalue weighted by Gasteiger charge is -2.37. The molecule has 1 aromatic rings. The maximum Gasteiger partial charge on any atom is 0.257 e. The predicted molar refractivity (Wildman–Crippen MR) is 76.9 cm³/mol. The third-order valence-electron chi connectivity index (χ3n) is 4.77. The Balaban J connectivity index is 1.67. The summed E-state index contributed by atoms with van der Waals surface area (Å²) in [7, 11) is 0. The van der Waals surface area contributed by atoms with Gasteiger partial charge in [0.2, 0.25) is 5.91 Å². The number of piperidine rings is 1. The van der Waals surface area contributed by atoms with Crippen LogP contribution in [-0.4, -0.2) is 36.1 Å². The van der Waals surface area contributed by atoms with Gasteiger partial charge in [0.15, 0.2) is 6.10 Å². The van der Waals surface area contributed by atoms with Crippen molar-refractivity contribution in [2.45, 2.75) is 25.0 Å². The molecule has 3 atom stereocenters. The third-order valence-corrected chi connectivity index (χ3v) is 4.77. The summed E-state index contributed by atoms with van der Waals surface area (Å²) in [5.74, 6) is -0.168. The van der Waals surface area contributed by atoms with E-state index in [2.05, 4.69) is 15.5 Å². The molecule has 0 radical (unpaired) electrons. The molecular formula is C15H17N3O3. The Bertz CT molecular complexity index is 631. The Morgan fingerprint density at radius 2 is 2.10 bits per heavy atom. The van der Waals surface area contributed by atoms with Crippen molar-refractivity contribution in [2.24, 2.45) is 5.92 Å². The number of nitrogens with zero attached hydrogens (tertiary/aromatic N) is 1. The van der Waals surface area contributed by atoms with Gasteiger partial charge in [-0.05, 0) is 25.0 Å². The third kappa shape index (κ3) is 1.82. The number of anilines is 2. The minimum absolute atomic E-state index is 0.0622. The predicted octanol–water partition coefficient (Wildman–Crippen LogP) is 0.387. The zero-order valence-corrected chi connectivity index (χ0v) is 11.5. The fourth-order valence-corrected chi connectivity index (χ4v) is 3.68. The normalized spacial score (nSPS) is 30.7. The van der Waals surface area contributed by atoms with E-state index in [-0.39, 0.29) is 23.8 Å². The maximum atomic E-state index is 11.8. The second-order valence-corrected chi connectivity index (χ2v) is 5.92. The van der Waals surface area contributed by atoms with Crippen molar-refractivity contribution in [2.75, 3.05) is 23.3 Å². The molecule has 0 aromatic heterocycles. The molecule has 2 saturated heterocycles. The summed E-state index contributed by atoms with van der Waals surface area (Å²) in [5.41, 5.74) is 2.29. The first-order chi connectivity index (χ1) is 10.1. The Morgan fingerprint density at radius 1 is 1.24 bits per heavy atom. The second kappa shape index (κ2) is 4.46. The molecule has 3 heterocycles. The first-order valence-electron chi connectivity index (χ1n) is 7.32. The van der Waals surface area contributed by atoms with Crippen LogP contribution in [0.4, 0.5) is 11.4 Å². The van der Waals surface area contributed by atoms with Crippen molar-refractivity contribution < 1.29 is 14.7 Å². The van der Waals surface area contributed by atoms with Crippen LogP contribution < -0.4 is 15.5 Å². The van der Waals surface area contributed by atoms with Crippen molar-refractivity contribution in [3.8, 4) is 0 Å². The molecule has 6 heteroatoms. The second-order valence-electron chi connectivity index (χ2n) is 5.92. The van der Waals surface area contributed by atoms with Crippen LogP contribution in [0.25, 0.3) is 0 Å². The minimum atomic E-state index is -1.07. The molecule has 110 valence electrons. The molecule has 2 fully saturated rings. The average Bonchev–Trinajstić information content (AvgIpc) is 3.00. The molecule has 3 aliphatic rings. The van der Waals surface area contributed by atoms with Crippen LogP contribution >= 0.6 is 0 Å². The summed E-state index contributed by atoms with van der Waals surface area (Å²) >= 11 is 0. The van der Waals surface area contributed by atoms with E-state index in [0.29, 0.717) is 17.8 Å². The van der Waals surface area contributed by atoms with Crippen LogP contribution in [0.3, 0.4) is 0 Å². The van der Waals surface area contributed by atoms with Gasteiger partial charge in [0.25, 0.3) is 5.91 Å². The van der Waals surface area contributed by atoms with E-state index in [1.807, 2.05) is 12.1 Å². The van der Waals surface area contributed by atoms with Gasteiger partial charge in [-0.15, -0.1) is 0 Å². The van der Waals surface area contributed by atoms with Gasteiger partial charge < -0.3 is 20.6 Å². The average molecular weight is 287 g/mol. The highest BCUT2D eigenvalue weighted by molar-refractivity contribution is 6.02. The smallest absolute Gasteiger partial charge is 0.257 e. The number of rotatable bonds is 1. The van der Waals surface area contributed by atoms with E-state index >= 15 is 0 Å². The summed E-state index contributed by atoms with van der Waals surface area (Å²) in [6, 6.07) is 5.80. The van der Waals surface area contributed by atoms with E-state index in [0.717, 1.165) is 25.1 Å². The van der Waals surface area contributed by atoms with E-state index in [9.17, 15) is 14.7 Å². The molecular weight excluding hydrogens is 270 g/mol. The van der Waals surface area contributed by atoms with Gasteiger partial charge in [-0.25, -0.2) is 0 Å². The van der Waals surface area contributed by atoms with Crippen molar-refractivity contribution in [3.05, 3.63) is 23.8 Å². The molecule has 2 amide bonds. The van der Waals surface area contributed by atoms with Crippen LogP contribution in [-0.2, 0) is 9.59 Å². The van der Waals surface area contributed by atoms with Gasteiger partial charge in [-0.2, -0.15) is 0 Å². The highest BCUT2D eigenvalue weighted by Crippen LogP contribution is 2.37. The molecule has 0 aliphatic carbocycles. The Morgan fingerprint density at radius 3 is 2.95 bits per heavy atom. The Kier molecular flexibility index (Phi) is 2.68. The SMILES string of the molecule is O=C1Nc2cc(N3CCCC4C(=O)NCC43)ccc2C1O. The summed E-state index contributed by atoms with van der Waals surface area (Å²) in [5, 5.41) is 15.4. The molecule has 6 nitrogen and oxygen atoms in total. The van der Waals surface area contributed by atoms with Gasteiger partial charge in [0.1, 0.15) is 0 Å². The van der Waals surface area contributed by atoms with Gasteiger partial charge >= 0.3 is 0 Å². The molecule has 3 unspecified atom stereocenters. The summed E-state index contributed by atoms with van der Waals surface area (Å²) in [4.78, 5) is 25.6. The first kappa shape index (κ1) is 12.6. The summed E-state index contributed by atoms with van der Waals surface area (Å²) < 4.78 is 0. The quantitative estimate of drug-likeness (QED) is 0.698. The number of fused-ring (bicyclic) bond motifs is 2. The molecule has 3 N–H and O–H groups in total. The monoisotopic (exact) mass is 287 g/mol. The topological polar surface area (TPSA) is 81.7 Å². The van der Waals surface area contributed by atoms with Crippen LogP contribution in [0.15, 0.2) is 18.2 Å². The maximum absolute atomic E-state index is 11.8. The zero-order valence-electron chi connectivity index (χ0n) is 11.5. The number of aliphatic hydroxyl groups excluding tert-OH is 1. The van der Waals surface area contributed by atoms with E-state index in [1.54, 1.807) is 6.07 Å². The van der Waals surface area contributed by atoms with E-state index in [1.165, 1.54) is 0 Å². The van der Waals surface area contributed by atoms with Crippen LogP contribution in [0.1, 0.15) is 24.5 Å². The molecule has 0 spiro atoms. The van der Waals surface area contributed by atoms with Crippen LogP contribution in [0, 0.1) is 5.92 Å². The lowest BCUT2D eigenvalue weighted by molar-refractivity contribution is -0.123. The van der Waals surface area contributed by atoms with Gasteiger partial charge in [0.05, 0.1) is 12.0 Å². The highest BCUT2D eigenvalue weighted by atomic mass is 16.3. The number of carbonyl (C=O) groups excluding carboxylic acids is 2. The number of aliphatic hydroxyl groups is 1. The number of amides is 2. The molecule has 1 aromatic carbocycles. The minimum Gasteiger partial charge on any atom is -0.378 e. The molecule has 21 heavy (non-hydrogen) atoms. The Labute approximate surface area is 122 Å². The highest BCUT2D eigenvalue weighted by Gasteiger charge is 2.41. The van der Waals surface area contributed by atoms with E-state index in [4.69, 9.17) is 0 Å². The lowest BCUT2D eigenvalue weighted by Crippen LogP contribution is -2.45. The van der Waals surface area contributed by atoms with Crippen LogP contribution in [0.2, 0.25) is 0 Å². The molecule has 0 saturated carbocycles. The molecule has 0 bridgehead atoms. The fraction of sp³-hybridized carbons (Fsp3) is 0.467. The number of nitrogens with one attached hydrogen (secondary N) is 2.